The Morgan fingerprint density at radius 1 is 1.21 bits per heavy atom. The lowest BCUT2D eigenvalue weighted by molar-refractivity contribution is 0.374. The number of piperidine rings is 1. The van der Waals surface area contributed by atoms with Crippen LogP contribution in [0.5, 0.6) is 0 Å². The average molecular weight is 257 g/mol. The summed E-state index contributed by atoms with van der Waals surface area (Å²) in [6.45, 7) is 9.02. The van der Waals surface area contributed by atoms with Crippen molar-refractivity contribution in [2.75, 3.05) is 13.1 Å². The predicted molar refractivity (Wildman–Crippen MR) is 79.6 cm³/mol. The van der Waals surface area contributed by atoms with E-state index in [1.54, 1.807) is 0 Å². The van der Waals surface area contributed by atoms with Crippen molar-refractivity contribution in [3.63, 3.8) is 0 Å². The molecular weight excluding hydrogens is 234 g/mol. The van der Waals surface area contributed by atoms with Crippen LogP contribution in [0.4, 0.5) is 0 Å². The van der Waals surface area contributed by atoms with Gasteiger partial charge in [-0.3, -0.25) is 0 Å². The first kappa shape index (κ1) is 12.7. The number of benzene rings is 1. The van der Waals surface area contributed by atoms with Crippen LogP contribution in [0.3, 0.4) is 0 Å². The van der Waals surface area contributed by atoms with E-state index in [1.807, 2.05) is 6.33 Å². The molecule has 0 atom stereocenters. The fraction of sp³-hybridized carbons (Fsp3) is 0.562. The van der Waals surface area contributed by atoms with Gasteiger partial charge >= 0.3 is 0 Å². The van der Waals surface area contributed by atoms with Crippen molar-refractivity contribution in [3.05, 3.63) is 30.1 Å². The molecule has 2 heterocycles. The number of nitrogens with zero attached hydrogens (tertiary/aromatic N) is 2. The van der Waals surface area contributed by atoms with E-state index in [0.717, 1.165) is 18.6 Å². The van der Waals surface area contributed by atoms with Gasteiger partial charge in [0.15, 0.2) is 0 Å². The van der Waals surface area contributed by atoms with Gasteiger partial charge in [-0.2, -0.15) is 0 Å². The van der Waals surface area contributed by atoms with Crippen molar-refractivity contribution < 1.29 is 0 Å². The van der Waals surface area contributed by atoms with Gasteiger partial charge in [-0.1, -0.05) is 26.8 Å². The summed E-state index contributed by atoms with van der Waals surface area (Å²) in [5.74, 6) is 0. The van der Waals surface area contributed by atoms with Crippen molar-refractivity contribution in [3.8, 4) is 0 Å². The third-order valence-corrected chi connectivity index (χ3v) is 4.14. The smallest absolute Gasteiger partial charge is 0.0960 e. The maximum absolute atomic E-state index is 4.56. The summed E-state index contributed by atoms with van der Waals surface area (Å²) in [6.07, 6.45) is 4.42. The van der Waals surface area contributed by atoms with E-state index in [9.17, 15) is 0 Å². The monoisotopic (exact) mass is 257 g/mol. The Bertz CT molecular complexity index is 571. The number of fused-ring (bicyclic) bond motifs is 1. The second-order valence-corrected chi connectivity index (χ2v) is 6.59. The molecule has 0 unspecified atom stereocenters. The molecule has 0 radical (unpaired) electrons. The molecule has 1 fully saturated rings. The summed E-state index contributed by atoms with van der Waals surface area (Å²) in [7, 11) is 0. The molecule has 0 spiro atoms. The van der Waals surface area contributed by atoms with Gasteiger partial charge in [-0.05, 0) is 49.0 Å². The zero-order valence-electron chi connectivity index (χ0n) is 12.1. The first-order chi connectivity index (χ1) is 9.05. The summed E-state index contributed by atoms with van der Waals surface area (Å²) in [4.78, 5) is 4.56. The number of aromatic nitrogens is 2. The second kappa shape index (κ2) is 4.64. The molecule has 1 aromatic heterocycles. The molecule has 1 N–H and O–H groups in total. The van der Waals surface area contributed by atoms with Crippen molar-refractivity contribution in [1.82, 2.24) is 14.9 Å². The zero-order chi connectivity index (χ0) is 13.5. The number of hydrogen-bond acceptors (Lipinski definition) is 2. The molecule has 1 saturated heterocycles. The molecule has 3 nitrogen and oxygen atoms in total. The van der Waals surface area contributed by atoms with E-state index in [4.69, 9.17) is 0 Å². The van der Waals surface area contributed by atoms with Gasteiger partial charge in [0, 0.05) is 6.04 Å². The Labute approximate surface area is 115 Å². The van der Waals surface area contributed by atoms with E-state index in [1.165, 1.54) is 23.9 Å². The second-order valence-electron chi connectivity index (χ2n) is 6.59. The van der Waals surface area contributed by atoms with E-state index >= 15 is 0 Å². The summed E-state index contributed by atoms with van der Waals surface area (Å²) < 4.78 is 2.38. The largest absolute Gasteiger partial charge is 0.327 e. The zero-order valence-corrected chi connectivity index (χ0v) is 12.1. The molecular formula is C16H23N3. The van der Waals surface area contributed by atoms with Gasteiger partial charge in [-0.15, -0.1) is 0 Å². The lowest BCUT2D eigenvalue weighted by Gasteiger charge is -2.25. The molecule has 0 bridgehead atoms. The van der Waals surface area contributed by atoms with Crippen molar-refractivity contribution in [2.24, 2.45) is 0 Å². The summed E-state index contributed by atoms with van der Waals surface area (Å²) in [6, 6.07) is 7.29. The minimum Gasteiger partial charge on any atom is -0.327 e. The summed E-state index contributed by atoms with van der Waals surface area (Å²) in [5, 5.41) is 3.43. The topological polar surface area (TPSA) is 29.9 Å². The number of rotatable bonds is 1. The normalized spacial score (nSPS) is 18.1. The van der Waals surface area contributed by atoms with Gasteiger partial charge in [0.05, 0.1) is 17.4 Å². The Hall–Kier alpha value is -1.35. The minimum atomic E-state index is 0.192. The van der Waals surface area contributed by atoms with E-state index < -0.39 is 0 Å². The number of hydrogen-bond donors (Lipinski definition) is 1. The highest BCUT2D eigenvalue weighted by molar-refractivity contribution is 5.76. The van der Waals surface area contributed by atoms with Crippen LogP contribution in [0.15, 0.2) is 24.5 Å². The third kappa shape index (κ3) is 2.39. The molecule has 1 aliphatic heterocycles. The molecule has 0 saturated carbocycles. The van der Waals surface area contributed by atoms with Gasteiger partial charge in [-0.25, -0.2) is 4.98 Å². The maximum atomic E-state index is 4.56. The Kier molecular flexibility index (Phi) is 3.09. The third-order valence-electron chi connectivity index (χ3n) is 4.14. The number of imidazole rings is 1. The quantitative estimate of drug-likeness (QED) is 0.850. The van der Waals surface area contributed by atoms with Crippen molar-refractivity contribution >= 4 is 11.0 Å². The Morgan fingerprint density at radius 3 is 2.63 bits per heavy atom. The highest BCUT2D eigenvalue weighted by atomic mass is 15.1. The van der Waals surface area contributed by atoms with Gasteiger partial charge in [0.25, 0.3) is 0 Å². The van der Waals surface area contributed by atoms with Gasteiger partial charge in [0.1, 0.15) is 0 Å². The molecule has 102 valence electrons. The van der Waals surface area contributed by atoms with Gasteiger partial charge < -0.3 is 9.88 Å². The van der Waals surface area contributed by atoms with Crippen molar-refractivity contribution in [1.29, 1.82) is 0 Å². The van der Waals surface area contributed by atoms with Crippen LogP contribution in [0.1, 0.15) is 45.2 Å². The standard InChI is InChI=1S/C16H23N3/c1-16(2,3)12-4-5-14-15(10-12)19(11-18-14)13-6-8-17-9-7-13/h4-5,10-11,13,17H,6-9H2,1-3H3. The van der Waals surface area contributed by atoms with Crippen LogP contribution < -0.4 is 5.32 Å². The van der Waals surface area contributed by atoms with Crippen LogP contribution in [0, 0.1) is 0 Å². The molecule has 2 aromatic rings. The van der Waals surface area contributed by atoms with E-state index in [-0.39, 0.29) is 5.41 Å². The summed E-state index contributed by atoms with van der Waals surface area (Å²) in [5.41, 5.74) is 3.98. The van der Waals surface area contributed by atoms with Crippen molar-refractivity contribution in [2.45, 2.75) is 45.1 Å². The van der Waals surface area contributed by atoms with Crippen LogP contribution in [-0.2, 0) is 5.41 Å². The molecule has 3 heteroatoms. The van der Waals surface area contributed by atoms with Gasteiger partial charge in [0.2, 0.25) is 0 Å². The molecule has 3 rings (SSSR count). The van der Waals surface area contributed by atoms with Crippen LogP contribution in [-0.4, -0.2) is 22.6 Å². The Morgan fingerprint density at radius 2 is 1.95 bits per heavy atom. The lowest BCUT2D eigenvalue weighted by Crippen LogP contribution is -2.29. The summed E-state index contributed by atoms with van der Waals surface area (Å²) >= 11 is 0. The molecule has 0 amide bonds. The van der Waals surface area contributed by atoms with E-state index in [2.05, 4.69) is 53.8 Å². The van der Waals surface area contributed by atoms with Crippen LogP contribution in [0.25, 0.3) is 11.0 Å². The minimum absolute atomic E-state index is 0.192. The predicted octanol–water partition coefficient (Wildman–Crippen LogP) is 3.26. The fourth-order valence-electron chi connectivity index (χ4n) is 2.87. The maximum Gasteiger partial charge on any atom is 0.0960 e. The molecule has 0 aliphatic carbocycles. The number of nitrogens with one attached hydrogen (secondary N) is 1. The first-order valence-corrected chi connectivity index (χ1v) is 7.23. The SMILES string of the molecule is CC(C)(C)c1ccc2ncn(C3CCNCC3)c2c1. The highest BCUT2D eigenvalue weighted by Gasteiger charge is 2.19. The average Bonchev–Trinajstić information content (AvgIpc) is 2.81. The van der Waals surface area contributed by atoms with Crippen LogP contribution in [0.2, 0.25) is 0 Å². The highest BCUT2D eigenvalue weighted by Crippen LogP contribution is 2.29. The molecule has 1 aliphatic rings. The van der Waals surface area contributed by atoms with E-state index in [0.29, 0.717) is 6.04 Å². The fourth-order valence-corrected chi connectivity index (χ4v) is 2.87. The Balaban J connectivity index is 2.05. The lowest BCUT2D eigenvalue weighted by atomic mass is 9.87. The molecule has 19 heavy (non-hydrogen) atoms. The molecule has 1 aromatic carbocycles. The van der Waals surface area contributed by atoms with Crippen LogP contribution >= 0.6 is 0 Å². The first-order valence-electron chi connectivity index (χ1n) is 7.23.